The fourth-order valence-corrected chi connectivity index (χ4v) is 2.93. The van der Waals surface area contributed by atoms with Crippen LogP contribution in [-0.2, 0) is 16.0 Å². The fourth-order valence-electron chi connectivity index (χ4n) is 2.93. The summed E-state index contributed by atoms with van der Waals surface area (Å²) in [5, 5.41) is 0. The highest BCUT2D eigenvalue weighted by Crippen LogP contribution is 2.34. The first kappa shape index (κ1) is 15.0. The second kappa shape index (κ2) is 6.86. The van der Waals surface area contributed by atoms with Crippen molar-refractivity contribution in [2.45, 2.75) is 19.3 Å². The van der Waals surface area contributed by atoms with Gasteiger partial charge in [-0.3, -0.25) is 4.79 Å². The summed E-state index contributed by atoms with van der Waals surface area (Å²) < 4.78 is 4.91. The topological polar surface area (TPSA) is 55.6 Å². The average Bonchev–Trinajstić information content (AvgIpc) is 2.49. The van der Waals surface area contributed by atoms with Crippen molar-refractivity contribution in [3.05, 3.63) is 35.9 Å². The van der Waals surface area contributed by atoms with Gasteiger partial charge in [-0.1, -0.05) is 30.3 Å². The summed E-state index contributed by atoms with van der Waals surface area (Å²) in [6.07, 6.45) is 2.93. The predicted octanol–water partition coefficient (Wildman–Crippen LogP) is 1.44. The molecule has 0 atom stereocenters. The number of methoxy groups -OCH3 is 1. The minimum Gasteiger partial charge on any atom is -0.375 e. The number of carbonyl (C=O) groups is 1. The van der Waals surface area contributed by atoms with Gasteiger partial charge < -0.3 is 15.4 Å². The Labute approximate surface area is 120 Å². The molecule has 0 unspecified atom stereocenters. The maximum Gasteiger partial charge on any atom is 0.248 e. The minimum absolute atomic E-state index is 0.0813. The van der Waals surface area contributed by atoms with Crippen LogP contribution < -0.4 is 5.73 Å². The number of likely N-dealkylation sites (tertiary alicyclic amines) is 1. The zero-order valence-corrected chi connectivity index (χ0v) is 12.2. The van der Waals surface area contributed by atoms with E-state index >= 15 is 0 Å². The summed E-state index contributed by atoms with van der Waals surface area (Å²) in [5.74, 6) is 0.0813. The molecule has 1 fully saturated rings. The van der Waals surface area contributed by atoms with Crippen molar-refractivity contribution in [3.63, 3.8) is 0 Å². The number of benzene rings is 1. The van der Waals surface area contributed by atoms with Gasteiger partial charge in [-0.2, -0.15) is 0 Å². The molecule has 1 aromatic rings. The number of hydrogen-bond acceptors (Lipinski definition) is 3. The second-order valence-electron chi connectivity index (χ2n) is 5.68. The van der Waals surface area contributed by atoms with E-state index in [0.29, 0.717) is 6.54 Å². The third-order valence-electron chi connectivity index (χ3n) is 4.30. The molecule has 1 heterocycles. The van der Waals surface area contributed by atoms with Gasteiger partial charge in [0.25, 0.3) is 0 Å². The third kappa shape index (κ3) is 3.58. The van der Waals surface area contributed by atoms with Gasteiger partial charge in [0, 0.05) is 20.2 Å². The van der Waals surface area contributed by atoms with E-state index in [1.165, 1.54) is 5.56 Å². The molecular weight excluding hydrogens is 252 g/mol. The summed E-state index contributed by atoms with van der Waals surface area (Å²) >= 11 is 0. The summed E-state index contributed by atoms with van der Waals surface area (Å²) in [4.78, 5) is 13.7. The Bertz CT molecular complexity index is 425. The van der Waals surface area contributed by atoms with Gasteiger partial charge in [-0.15, -0.1) is 0 Å². The molecule has 1 aromatic carbocycles. The molecule has 0 aromatic heterocycles. The van der Waals surface area contributed by atoms with Crippen molar-refractivity contribution in [2.75, 3.05) is 33.4 Å². The second-order valence-corrected chi connectivity index (χ2v) is 5.68. The van der Waals surface area contributed by atoms with Crippen LogP contribution in [0.4, 0.5) is 0 Å². The van der Waals surface area contributed by atoms with E-state index in [0.717, 1.165) is 32.4 Å². The van der Waals surface area contributed by atoms with Crippen LogP contribution >= 0.6 is 0 Å². The predicted molar refractivity (Wildman–Crippen MR) is 79.3 cm³/mol. The molecule has 0 saturated carbocycles. The van der Waals surface area contributed by atoms with Crippen molar-refractivity contribution < 1.29 is 9.53 Å². The Hall–Kier alpha value is -1.39. The maximum atomic E-state index is 11.8. The van der Waals surface area contributed by atoms with Gasteiger partial charge >= 0.3 is 0 Å². The fraction of sp³-hybridized carbons (Fsp3) is 0.562. The Morgan fingerprint density at radius 2 is 1.95 bits per heavy atom. The highest BCUT2D eigenvalue weighted by molar-refractivity contribution is 5.77. The molecular formula is C16H24N2O2. The largest absolute Gasteiger partial charge is 0.375 e. The summed E-state index contributed by atoms with van der Waals surface area (Å²) in [6, 6.07) is 10.5. The van der Waals surface area contributed by atoms with Crippen LogP contribution in [0, 0.1) is 5.41 Å². The van der Waals surface area contributed by atoms with E-state index in [1.807, 2.05) is 11.0 Å². The van der Waals surface area contributed by atoms with Gasteiger partial charge in [0.15, 0.2) is 0 Å². The zero-order chi connectivity index (χ0) is 14.4. The van der Waals surface area contributed by atoms with Crippen molar-refractivity contribution in [3.8, 4) is 0 Å². The monoisotopic (exact) mass is 276 g/mol. The molecule has 0 spiro atoms. The maximum absolute atomic E-state index is 11.8. The van der Waals surface area contributed by atoms with E-state index < -0.39 is 0 Å². The lowest BCUT2D eigenvalue weighted by Gasteiger charge is -2.41. The number of hydrogen-bond donors (Lipinski definition) is 1. The van der Waals surface area contributed by atoms with Gasteiger partial charge in [0.1, 0.15) is 6.61 Å². The molecule has 1 aliphatic rings. The van der Waals surface area contributed by atoms with Crippen LogP contribution in [0.15, 0.2) is 30.3 Å². The number of rotatable bonds is 5. The Balaban J connectivity index is 1.96. The van der Waals surface area contributed by atoms with Crippen LogP contribution in [0.2, 0.25) is 0 Å². The molecule has 4 nitrogen and oxygen atoms in total. The number of piperidine rings is 1. The lowest BCUT2D eigenvalue weighted by molar-refractivity contribution is -0.137. The molecule has 0 radical (unpaired) electrons. The van der Waals surface area contributed by atoms with E-state index in [2.05, 4.69) is 24.3 Å². The SMILES string of the molecule is COCC(=O)N1CCC(CN)(Cc2ccccc2)CC1. The van der Waals surface area contributed by atoms with Gasteiger partial charge in [-0.05, 0) is 36.8 Å². The van der Waals surface area contributed by atoms with Gasteiger partial charge in [0.2, 0.25) is 5.91 Å². The molecule has 2 rings (SSSR count). The number of nitrogens with two attached hydrogens (primary N) is 1. The van der Waals surface area contributed by atoms with Crippen LogP contribution in [0.1, 0.15) is 18.4 Å². The molecule has 1 amide bonds. The first-order valence-electron chi connectivity index (χ1n) is 7.20. The average molecular weight is 276 g/mol. The molecule has 2 N–H and O–H groups in total. The molecule has 20 heavy (non-hydrogen) atoms. The highest BCUT2D eigenvalue weighted by Gasteiger charge is 2.34. The summed E-state index contributed by atoms with van der Waals surface area (Å²) in [6.45, 7) is 2.42. The molecule has 1 saturated heterocycles. The molecule has 4 heteroatoms. The number of carbonyl (C=O) groups excluding carboxylic acids is 1. The van der Waals surface area contributed by atoms with Crippen LogP contribution in [0.3, 0.4) is 0 Å². The molecule has 1 aliphatic heterocycles. The quantitative estimate of drug-likeness (QED) is 0.885. The Kier molecular flexibility index (Phi) is 5.15. The lowest BCUT2D eigenvalue weighted by Crippen LogP contribution is -2.48. The Morgan fingerprint density at radius 1 is 1.30 bits per heavy atom. The molecule has 0 bridgehead atoms. The number of nitrogens with zero attached hydrogens (tertiary/aromatic N) is 1. The van der Waals surface area contributed by atoms with Crippen LogP contribution in [0.25, 0.3) is 0 Å². The van der Waals surface area contributed by atoms with E-state index in [4.69, 9.17) is 10.5 Å². The first-order valence-corrected chi connectivity index (χ1v) is 7.20. The smallest absolute Gasteiger partial charge is 0.248 e. The highest BCUT2D eigenvalue weighted by atomic mass is 16.5. The lowest BCUT2D eigenvalue weighted by atomic mass is 9.74. The van der Waals surface area contributed by atoms with E-state index in [9.17, 15) is 4.79 Å². The number of ether oxygens (including phenoxy) is 1. The minimum atomic E-state index is 0.0813. The van der Waals surface area contributed by atoms with Crippen molar-refractivity contribution >= 4 is 5.91 Å². The standard InChI is InChI=1S/C16H24N2O2/c1-20-12-15(19)18-9-7-16(13-17,8-10-18)11-14-5-3-2-4-6-14/h2-6H,7-13,17H2,1H3. The molecule has 0 aliphatic carbocycles. The zero-order valence-electron chi connectivity index (χ0n) is 12.2. The summed E-state index contributed by atoms with van der Waals surface area (Å²) in [5.41, 5.74) is 7.50. The van der Waals surface area contributed by atoms with Crippen molar-refractivity contribution in [1.29, 1.82) is 0 Å². The van der Waals surface area contributed by atoms with Gasteiger partial charge in [0.05, 0.1) is 0 Å². The van der Waals surface area contributed by atoms with Crippen molar-refractivity contribution in [1.82, 2.24) is 4.90 Å². The first-order chi connectivity index (χ1) is 9.69. The van der Waals surface area contributed by atoms with Crippen molar-refractivity contribution in [2.24, 2.45) is 11.1 Å². The van der Waals surface area contributed by atoms with Crippen LogP contribution in [0.5, 0.6) is 0 Å². The van der Waals surface area contributed by atoms with Crippen LogP contribution in [-0.4, -0.2) is 44.2 Å². The van der Waals surface area contributed by atoms with E-state index in [-0.39, 0.29) is 17.9 Å². The van der Waals surface area contributed by atoms with Gasteiger partial charge in [-0.25, -0.2) is 0 Å². The number of amides is 1. The molecule has 110 valence electrons. The van der Waals surface area contributed by atoms with E-state index in [1.54, 1.807) is 7.11 Å². The summed E-state index contributed by atoms with van der Waals surface area (Å²) in [7, 11) is 1.56. The normalized spacial score (nSPS) is 18.0. The Morgan fingerprint density at radius 3 is 2.50 bits per heavy atom. The third-order valence-corrected chi connectivity index (χ3v) is 4.30.